The Morgan fingerprint density at radius 2 is 1.59 bits per heavy atom. The van der Waals surface area contributed by atoms with Gasteiger partial charge in [-0.2, -0.15) is 0 Å². The Kier molecular flexibility index (Phi) is 5.79. The molecule has 2 bridgehead atoms. The number of ether oxygens (including phenoxy) is 2. The highest BCUT2D eigenvalue weighted by molar-refractivity contribution is 6.30. The molecule has 3 saturated carbocycles. The SMILES string of the molecule is O=C(COc1c(F)cc(F)cc1F)CC12CC(NC(=O)COc3ccc(Cl)c(F)c3)(C1)C2. The molecule has 170 valence electrons. The van der Waals surface area contributed by atoms with Crippen LogP contribution in [-0.2, 0) is 9.59 Å². The van der Waals surface area contributed by atoms with E-state index in [-0.39, 0.29) is 40.9 Å². The van der Waals surface area contributed by atoms with Gasteiger partial charge in [-0.1, -0.05) is 11.6 Å². The Morgan fingerprint density at radius 1 is 0.938 bits per heavy atom. The van der Waals surface area contributed by atoms with Crippen LogP contribution in [0, 0.1) is 28.7 Å². The van der Waals surface area contributed by atoms with E-state index in [0.29, 0.717) is 31.4 Å². The molecule has 3 aliphatic rings. The third-order valence-corrected chi connectivity index (χ3v) is 6.02. The van der Waals surface area contributed by atoms with Gasteiger partial charge < -0.3 is 14.8 Å². The summed E-state index contributed by atoms with van der Waals surface area (Å²) in [6, 6.07) is 4.82. The van der Waals surface area contributed by atoms with Crippen LogP contribution in [0.4, 0.5) is 17.6 Å². The summed E-state index contributed by atoms with van der Waals surface area (Å²) in [6.07, 6.45) is 1.92. The van der Waals surface area contributed by atoms with Crippen molar-refractivity contribution in [3.8, 4) is 11.5 Å². The van der Waals surface area contributed by atoms with E-state index in [4.69, 9.17) is 21.1 Å². The summed E-state index contributed by atoms with van der Waals surface area (Å²) in [5, 5.41) is 2.82. The summed E-state index contributed by atoms with van der Waals surface area (Å²) in [4.78, 5) is 24.3. The first-order valence-electron chi connectivity index (χ1n) is 9.77. The molecule has 0 aliphatic heterocycles. The standard InChI is InChI=1S/C22H18ClF4NO4/c23-15-2-1-14(5-16(15)25)31-8-19(30)28-22-9-21(10-22,11-22)6-13(29)7-32-20-17(26)3-12(24)4-18(20)27/h1-5H,6-11H2,(H,28,30). The third-order valence-electron chi connectivity index (χ3n) is 5.72. The van der Waals surface area contributed by atoms with Gasteiger partial charge in [0, 0.05) is 30.2 Å². The van der Waals surface area contributed by atoms with Crippen LogP contribution in [-0.4, -0.2) is 30.4 Å². The topological polar surface area (TPSA) is 64.6 Å². The lowest BCUT2D eigenvalue weighted by Gasteiger charge is -2.70. The van der Waals surface area contributed by atoms with Crippen molar-refractivity contribution in [2.75, 3.05) is 13.2 Å². The maximum atomic E-state index is 13.6. The minimum atomic E-state index is -1.22. The number of carbonyl (C=O) groups is 2. The Hall–Kier alpha value is -2.81. The van der Waals surface area contributed by atoms with Crippen LogP contribution in [0.3, 0.4) is 0 Å². The molecule has 1 N–H and O–H groups in total. The molecule has 10 heteroatoms. The smallest absolute Gasteiger partial charge is 0.258 e. The molecule has 0 radical (unpaired) electrons. The monoisotopic (exact) mass is 471 g/mol. The third kappa shape index (κ3) is 4.53. The predicted molar refractivity (Wildman–Crippen MR) is 105 cm³/mol. The fraction of sp³-hybridized carbons (Fsp3) is 0.364. The van der Waals surface area contributed by atoms with Gasteiger partial charge in [0.05, 0.1) is 5.02 Å². The maximum Gasteiger partial charge on any atom is 0.258 e. The first-order valence-corrected chi connectivity index (χ1v) is 10.1. The largest absolute Gasteiger partial charge is 0.484 e. The average Bonchev–Trinajstić information content (AvgIpc) is 2.65. The van der Waals surface area contributed by atoms with Gasteiger partial charge in [0.15, 0.2) is 29.8 Å². The van der Waals surface area contributed by atoms with E-state index in [1.165, 1.54) is 12.1 Å². The molecule has 1 amide bonds. The fourth-order valence-corrected chi connectivity index (χ4v) is 4.77. The number of Topliss-reactive ketones (excluding diaryl/α,β-unsaturated/α-hetero) is 1. The lowest BCUT2D eigenvalue weighted by atomic mass is 9.38. The predicted octanol–water partition coefficient (Wildman–Crippen LogP) is 4.35. The van der Waals surface area contributed by atoms with Crippen LogP contribution in [0.15, 0.2) is 30.3 Å². The summed E-state index contributed by atoms with van der Waals surface area (Å²) in [7, 11) is 0. The van der Waals surface area contributed by atoms with Crippen LogP contribution < -0.4 is 14.8 Å². The van der Waals surface area contributed by atoms with Crippen molar-refractivity contribution < 1.29 is 36.6 Å². The molecule has 3 aliphatic carbocycles. The average molecular weight is 472 g/mol. The highest BCUT2D eigenvalue weighted by Gasteiger charge is 2.68. The van der Waals surface area contributed by atoms with Gasteiger partial charge in [0.2, 0.25) is 0 Å². The zero-order chi connectivity index (χ0) is 23.1. The van der Waals surface area contributed by atoms with Crippen molar-refractivity contribution in [1.29, 1.82) is 0 Å². The van der Waals surface area contributed by atoms with E-state index >= 15 is 0 Å². The number of hydrogen-bond acceptors (Lipinski definition) is 4. The molecule has 2 aromatic rings. The number of hydrogen-bond donors (Lipinski definition) is 1. The molecule has 0 unspecified atom stereocenters. The number of halogens is 5. The van der Waals surface area contributed by atoms with E-state index in [1.807, 2.05) is 0 Å². The minimum Gasteiger partial charge on any atom is -0.484 e. The van der Waals surface area contributed by atoms with E-state index in [0.717, 1.165) is 6.07 Å². The number of ketones is 1. The molecule has 5 rings (SSSR count). The first kappa shape index (κ1) is 22.4. The Bertz CT molecular complexity index is 1050. The van der Waals surface area contributed by atoms with Crippen LogP contribution in [0.5, 0.6) is 11.5 Å². The lowest BCUT2D eigenvalue weighted by Crippen LogP contribution is -2.75. The zero-order valence-electron chi connectivity index (χ0n) is 16.7. The summed E-state index contributed by atoms with van der Waals surface area (Å²) >= 11 is 5.59. The lowest BCUT2D eigenvalue weighted by molar-refractivity contribution is -0.173. The van der Waals surface area contributed by atoms with Crippen molar-refractivity contribution in [2.45, 2.75) is 31.2 Å². The molecule has 32 heavy (non-hydrogen) atoms. The van der Waals surface area contributed by atoms with E-state index < -0.39 is 41.2 Å². The molecular formula is C22H18ClF4NO4. The Balaban J connectivity index is 1.20. The number of nitrogens with one attached hydrogen (secondary N) is 1. The van der Waals surface area contributed by atoms with Gasteiger partial charge >= 0.3 is 0 Å². The minimum absolute atomic E-state index is 0.0474. The zero-order valence-corrected chi connectivity index (χ0v) is 17.4. The van der Waals surface area contributed by atoms with Crippen molar-refractivity contribution >= 4 is 23.3 Å². The second-order valence-electron chi connectivity index (χ2n) is 8.43. The van der Waals surface area contributed by atoms with Crippen molar-refractivity contribution in [3.63, 3.8) is 0 Å². The fourth-order valence-electron chi connectivity index (χ4n) is 4.65. The molecule has 5 nitrogen and oxygen atoms in total. The highest BCUT2D eigenvalue weighted by Crippen LogP contribution is 2.69. The van der Waals surface area contributed by atoms with Gasteiger partial charge in [-0.25, -0.2) is 17.6 Å². The highest BCUT2D eigenvalue weighted by atomic mass is 35.5. The molecule has 0 heterocycles. The van der Waals surface area contributed by atoms with Gasteiger partial charge in [0.1, 0.15) is 24.0 Å². The van der Waals surface area contributed by atoms with Gasteiger partial charge in [-0.3, -0.25) is 9.59 Å². The molecular weight excluding hydrogens is 454 g/mol. The molecule has 0 atom stereocenters. The second-order valence-corrected chi connectivity index (χ2v) is 8.83. The number of rotatable bonds is 9. The number of carbonyl (C=O) groups excluding carboxylic acids is 2. The summed E-state index contributed by atoms with van der Waals surface area (Å²) < 4.78 is 63.6. The van der Waals surface area contributed by atoms with Gasteiger partial charge in [0.25, 0.3) is 5.91 Å². The number of amides is 1. The molecule has 0 spiro atoms. The second kappa shape index (κ2) is 8.27. The van der Waals surface area contributed by atoms with E-state index in [2.05, 4.69) is 5.32 Å². The van der Waals surface area contributed by atoms with Crippen molar-refractivity contribution in [2.24, 2.45) is 5.41 Å². The quantitative estimate of drug-likeness (QED) is 0.552. The van der Waals surface area contributed by atoms with Crippen LogP contribution >= 0.6 is 11.6 Å². The Labute approximate surface area is 185 Å². The molecule has 0 aromatic heterocycles. The molecule has 0 saturated heterocycles. The summed E-state index contributed by atoms with van der Waals surface area (Å²) in [5.41, 5.74) is -0.671. The van der Waals surface area contributed by atoms with Crippen LogP contribution in [0.2, 0.25) is 5.02 Å². The van der Waals surface area contributed by atoms with Gasteiger partial charge in [-0.15, -0.1) is 0 Å². The van der Waals surface area contributed by atoms with E-state index in [9.17, 15) is 27.2 Å². The molecule has 2 aromatic carbocycles. The van der Waals surface area contributed by atoms with Crippen molar-refractivity contribution in [3.05, 3.63) is 58.6 Å². The normalized spacial score (nSPS) is 23.0. The van der Waals surface area contributed by atoms with Crippen LogP contribution in [0.1, 0.15) is 25.7 Å². The summed E-state index contributed by atoms with van der Waals surface area (Å²) in [5.74, 6) is -5.49. The maximum absolute atomic E-state index is 13.6. The van der Waals surface area contributed by atoms with Crippen LogP contribution in [0.25, 0.3) is 0 Å². The van der Waals surface area contributed by atoms with E-state index in [1.54, 1.807) is 0 Å². The van der Waals surface area contributed by atoms with Gasteiger partial charge in [-0.05, 0) is 36.8 Å². The first-order chi connectivity index (χ1) is 15.1. The summed E-state index contributed by atoms with van der Waals surface area (Å²) in [6.45, 7) is -0.830. The molecule has 3 fully saturated rings. The number of benzene rings is 2. The Morgan fingerprint density at radius 3 is 2.22 bits per heavy atom. The van der Waals surface area contributed by atoms with Crippen molar-refractivity contribution in [1.82, 2.24) is 5.32 Å².